The summed E-state index contributed by atoms with van der Waals surface area (Å²) in [6.45, 7) is -0.137. The van der Waals surface area contributed by atoms with Gasteiger partial charge in [0.1, 0.15) is 0 Å². The average Bonchev–Trinajstić information content (AvgIpc) is 2.36. The predicted molar refractivity (Wildman–Crippen MR) is 74.7 cm³/mol. The van der Waals surface area contributed by atoms with Crippen molar-refractivity contribution in [3.05, 3.63) is 0 Å². The minimum atomic E-state index is -4.12. The van der Waals surface area contributed by atoms with E-state index in [2.05, 4.69) is 21.9 Å². The number of nitrogens with one attached hydrogen (secondary N) is 2. The lowest BCUT2D eigenvalue weighted by atomic mass is 9.95. The predicted octanol–water partition coefficient (Wildman–Crippen LogP) is 2.78. The molecule has 0 spiro atoms. The van der Waals surface area contributed by atoms with Crippen molar-refractivity contribution < 1.29 is 13.2 Å². The van der Waals surface area contributed by atoms with E-state index in [9.17, 15) is 13.2 Å². The quantitative estimate of drug-likeness (QED) is 0.619. The van der Waals surface area contributed by atoms with E-state index in [0.29, 0.717) is 17.3 Å². The Balaban J connectivity index is 2.32. The number of nitrogens with zero attached hydrogens (tertiary/aromatic N) is 1. The molecule has 2 N–H and O–H groups in total. The molecule has 0 aromatic rings. The van der Waals surface area contributed by atoms with Gasteiger partial charge in [0.25, 0.3) is 0 Å². The van der Waals surface area contributed by atoms with Crippen molar-refractivity contribution in [2.75, 3.05) is 19.8 Å². The van der Waals surface area contributed by atoms with Crippen LogP contribution in [0.3, 0.4) is 0 Å². The Labute approximate surface area is 116 Å². The van der Waals surface area contributed by atoms with Crippen LogP contribution < -0.4 is 10.6 Å². The summed E-state index contributed by atoms with van der Waals surface area (Å²) in [5.74, 6) is 0.469. The molecule has 2 unspecified atom stereocenters. The molecule has 0 bridgehead atoms. The maximum Gasteiger partial charge on any atom is 0.390 e. The summed E-state index contributed by atoms with van der Waals surface area (Å²) in [6, 6.07) is 0.309. The fourth-order valence-electron chi connectivity index (χ4n) is 2.20. The van der Waals surface area contributed by atoms with Gasteiger partial charge in [-0.15, -0.1) is 0 Å². The zero-order valence-electron chi connectivity index (χ0n) is 11.4. The van der Waals surface area contributed by atoms with Gasteiger partial charge in [-0.1, -0.05) is 6.42 Å². The smallest absolute Gasteiger partial charge is 0.356 e. The molecule has 0 saturated heterocycles. The number of aliphatic imine (C=N–C) groups is 1. The molecule has 0 aromatic heterocycles. The van der Waals surface area contributed by atoms with Gasteiger partial charge in [-0.05, 0) is 25.5 Å². The highest BCUT2D eigenvalue weighted by Crippen LogP contribution is 2.26. The van der Waals surface area contributed by atoms with Gasteiger partial charge in [-0.2, -0.15) is 24.9 Å². The molecule has 1 fully saturated rings. The molecule has 0 aliphatic heterocycles. The summed E-state index contributed by atoms with van der Waals surface area (Å²) in [5, 5.41) is 6.57. The van der Waals surface area contributed by atoms with Crippen molar-refractivity contribution in [3.63, 3.8) is 0 Å². The van der Waals surface area contributed by atoms with E-state index >= 15 is 0 Å². The highest BCUT2D eigenvalue weighted by molar-refractivity contribution is 7.99. The molecule has 0 radical (unpaired) electrons. The Morgan fingerprint density at radius 3 is 2.68 bits per heavy atom. The first kappa shape index (κ1) is 16.5. The summed E-state index contributed by atoms with van der Waals surface area (Å²) in [7, 11) is 1.58. The first-order chi connectivity index (χ1) is 8.94. The Morgan fingerprint density at radius 2 is 2.11 bits per heavy atom. The minimum absolute atomic E-state index is 0.137. The van der Waals surface area contributed by atoms with Crippen molar-refractivity contribution >= 4 is 17.7 Å². The van der Waals surface area contributed by atoms with E-state index in [-0.39, 0.29) is 6.54 Å². The Hall–Kier alpha value is -0.590. The molecular weight excluding hydrogens is 275 g/mol. The molecule has 0 aromatic carbocycles. The highest BCUT2D eigenvalue weighted by Gasteiger charge is 2.27. The van der Waals surface area contributed by atoms with Crippen LogP contribution in [0.4, 0.5) is 13.2 Å². The summed E-state index contributed by atoms with van der Waals surface area (Å²) in [6.07, 6.45) is 1.61. The molecule has 1 aliphatic rings. The third kappa shape index (κ3) is 6.94. The Morgan fingerprint density at radius 1 is 1.37 bits per heavy atom. The average molecular weight is 297 g/mol. The van der Waals surface area contributed by atoms with Crippen LogP contribution in [0, 0.1) is 0 Å². The lowest BCUT2D eigenvalue weighted by Gasteiger charge is -2.29. The molecular formula is C12H22F3N3S. The Kier molecular flexibility index (Phi) is 6.82. The van der Waals surface area contributed by atoms with Crippen molar-refractivity contribution in [2.24, 2.45) is 4.99 Å². The fraction of sp³-hybridized carbons (Fsp3) is 0.917. The summed E-state index contributed by atoms with van der Waals surface area (Å²) in [5.41, 5.74) is 0. The van der Waals surface area contributed by atoms with Crippen LogP contribution in [0.5, 0.6) is 0 Å². The molecule has 7 heteroatoms. The monoisotopic (exact) mass is 297 g/mol. The molecule has 3 nitrogen and oxygen atoms in total. The van der Waals surface area contributed by atoms with Crippen molar-refractivity contribution in [1.82, 2.24) is 10.6 Å². The van der Waals surface area contributed by atoms with Gasteiger partial charge < -0.3 is 10.6 Å². The van der Waals surface area contributed by atoms with Crippen LogP contribution in [0.1, 0.15) is 32.1 Å². The number of halogens is 3. The largest absolute Gasteiger partial charge is 0.390 e. The van der Waals surface area contributed by atoms with Crippen molar-refractivity contribution in [2.45, 2.75) is 49.6 Å². The topological polar surface area (TPSA) is 36.4 Å². The number of rotatable bonds is 4. The minimum Gasteiger partial charge on any atom is -0.356 e. The maximum absolute atomic E-state index is 12.1. The van der Waals surface area contributed by atoms with E-state index in [1.807, 2.05) is 11.8 Å². The van der Waals surface area contributed by atoms with Crippen LogP contribution in [0.2, 0.25) is 0 Å². The fourth-order valence-corrected chi connectivity index (χ4v) is 3.03. The molecule has 2 atom stereocenters. The molecule has 1 saturated carbocycles. The molecule has 0 heterocycles. The molecule has 1 rings (SSSR count). The first-order valence-electron chi connectivity index (χ1n) is 6.51. The lowest BCUT2D eigenvalue weighted by molar-refractivity contribution is -0.132. The third-order valence-electron chi connectivity index (χ3n) is 3.22. The van der Waals surface area contributed by atoms with Gasteiger partial charge in [-0.25, -0.2) is 0 Å². The number of alkyl halides is 3. The van der Waals surface area contributed by atoms with E-state index in [1.165, 1.54) is 6.42 Å². The second-order valence-electron chi connectivity index (χ2n) is 4.73. The van der Waals surface area contributed by atoms with Gasteiger partial charge >= 0.3 is 6.18 Å². The summed E-state index contributed by atoms with van der Waals surface area (Å²) in [4.78, 5) is 3.97. The molecule has 0 amide bonds. The van der Waals surface area contributed by atoms with Gasteiger partial charge in [0.15, 0.2) is 5.96 Å². The van der Waals surface area contributed by atoms with E-state index in [0.717, 1.165) is 19.3 Å². The van der Waals surface area contributed by atoms with Crippen molar-refractivity contribution in [3.8, 4) is 0 Å². The summed E-state index contributed by atoms with van der Waals surface area (Å²) < 4.78 is 36.2. The van der Waals surface area contributed by atoms with Crippen LogP contribution >= 0.6 is 11.8 Å². The second-order valence-corrected chi connectivity index (χ2v) is 5.87. The first-order valence-corrected chi connectivity index (χ1v) is 7.80. The third-order valence-corrected chi connectivity index (χ3v) is 4.32. The number of hydrogen-bond donors (Lipinski definition) is 2. The normalized spacial score (nSPS) is 25.2. The standard InChI is InChI=1S/C12H22F3N3S/c1-16-11(17-7-6-12(13,14)15)18-9-4-3-5-10(8-9)19-2/h9-10H,3-8H2,1-2H3,(H2,16,17,18). The second kappa shape index (κ2) is 7.87. The van der Waals surface area contributed by atoms with Gasteiger partial charge in [0.2, 0.25) is 0 Å². The van der Waals surface area contributed by atoms with Gasteiger partial charge in [0, 0.05) is 24.9 Å². The number of guanidine groups is 1. The van der Waals surface area contributed by atoms with Crippen LogP contribution in [0.25, 0.3) is 0 Å². The van der Waals surface area contributed by atoms with Crippen LogP contribution in [0.15, 0.2) is 4.99 Å². The Bertz CT molecular complexity index is 294. The number of hydrogen-bond acceptors (Lipinski definition) is 2. The SMILES string of the molecule is CN=C(NCCC(F)(F)F)NC1CCCC(SC)C1. The highest BCUT2D eigenvalue weighted by atomic mass is 32.2. The molecule has 112 valence electrons. The van der Waals surface area contributed by atoms with E-state index < -0.39 is 12.6 Å². The zero-order chi connectivity index (χ0) is 14.3. The van der Waals surface area contributed by atoms with Gasteiger partial charge in [0.05, 0.1) is 6.42 Å². The van der Waals surface area contributed by atoms with E-state index in [1.54, 1.807) is 7.05 Å². The number of thioether (sulfide) groups is 1. The van der Waals surface area contributed by atoms with Crippen LogP contribution in [-0.2, 0) is 0 Å². The maximum atomic E-state index is 12.1. The van der Waals surface area contributed by atoms with E-state index in [4.69, 9.17) is 0 Å². The lowest BCUT2D eigenvalue weighted by Crippen LogP contribution is -2.46. The van der Waals surface area contributed by atoms with Gasteiger partial charge in [-0.3, -0.25) is 4.99 Å². The molecule has 1 aliphatic carbocycles. The van der Waals surface area contributed by atoms with Crippen LogP contribution in [-0.4, -0.2) is 43.3 Å². The van der Waals surface area contributed by atoms with Crippen molar-refractivity contribution in [1.29, 1.82) is 0 Å². The zero-order valence-corrected chi connectivity index (χ0v) is 12.2. The molecule has 19 heavy (non-hydrogen) atoms. The summed E-state index contributed by atoms with van der Waals surface area (Å²) >= 11 is 1.86.